The second-order valence-corrected chi connectivity index (χ2v) is 5.95. The molecular weight excluding hydrogens is 277 g/mol. The number of anilines is 1. The van der Waals surface area contributed by atoms with Crippen molar-refractivity contribution in [1.29, 1.82) is 0 Å². The monoisotopic (exact) mass is 291 g/mol. The molecule has 1 saturated carbocycles. The summed E-state index contributed by atoms with van der Waals surface area (Å²) in [4.78, 5) is 0. The molecule has 1 unspecified atom stereocenters. The van der Waals surface area contributed by atoms with Gasteiger partial charge in [0.25, 0.3) is 0 Å². The highest BCUT2D eigenvalue weighted by Crippen LogP contribution is 2.35. The molecule has 0 bridgehead atoms. The van der Waals surface area contributed by atoms with Crippen molar-refractivity contribution in [3.63, 3.8) is 0 Å². The van der Waals surface area contributed by atoms with Crippen LogP contribution >= 0.6 is 34.8 Å². The lowest BCUT2D eigenvalue weighted by Gasteiger charge is -2.22. The molecule has 0 heterocycles. The second kappa shape index (κ2) is 5.69. The van der Waals surface area contributed by atoms with E-state index in [4.69, 9.17) is 34.8 Å². The Hall–Kier alpha value is -0.110. The van der Waals surface area contributed by atoms with Crippen molar-refractivity contribution >= 4 is 40.5 Å². The SMILES string of the molecule is CC(Nc1cc(Cl)c(Cl)cc1Cl)C1CCCC1. The quantitative estimate of drug-likeness (QED) is 0.711. The van der Waals surface area contributed by atoms with E-state index in [-0.39, 0.29) is 0 Å². The Balaban J connectivity index is 2.09. The van der Waals surface area contributed by atoms with E-state index in [1.165, 1.54) is 25.7 Å². The van der Waals surface area contributed by atoms with Gasteiger partial charge in [0.2, 0.25) is 0 Å². The molecule has 1 N–H and O–H groups in total. The van der Waals surface area contributed by atoms with Crippen LogP contribution in [0.4, 0.5) is 5.69 Å². The van der Waals surface area contributed by atoms with Crippen molar-refractivity contribution in [2.24, 2.45) is 5.92 Å². The van der Waals surface area contributed by atoms with Crippen molar-refractivity contribution in [3.8, 4) is 0 Å². The maximum atomic E-state index is 6.15. The number of rotatable bonds is 3. The van der Waals surface area contributed by atoms with E-state index in [9.17, 15) is 0 Å². The fraction of sp³-hybridized carbons (Fsp3) is 0.538. The summed E-state index contributed by atoms with van der Waals surface area (Å²) in [5.74, 6) is 0.737. The lowest BCUT2D eigenvalue weighted by molar-refractivity contribution is 0.482. The molecule has 1 aromatic rings. The summed E-state index contributed by atoms with van der Waals surface area (Å²) < 4.78 is 0. The first-order valence-corrected chi connectivity index (χ1v) is 7.12. The van der Waals surface area contributed by atoms with Crippen molar-refractivity contribution in [3.05, 3.63) is 27.2 Å². The first-order chi connectivity index (χ1) is 8.08. The highest BCUT2D eigenvalue weighted by molar-refractivity contribution is 6.44. The Morgan fingerprint density at radius 3 is 2.29 bits per heavy atom. The fourth-order valence-electron chi connectivity index (χ4n) is 2.45. The maximum absolute atomic E-state index is 6.15. The van der Waals surface area contributed by atoms with E-state index in [0.717, 1.165) is 11.6 Å². The molecule has 94 valence electrons. The van der Waals surface area contributed by atoms with Crippen LogP contribution < -0.4 is 5.32 Å². The zero-order chi connectivity index (χ0) is 12.4. The molecule has 4 heteroatoms. The molecular formula is C13H16Cl3N. The van der Waals surface area contributed by atoms with Crippen LogP contribution in [0.2, 0.25) is 15.1 Å². The second-order valence-electron chi connectivity index (χ2n) is 4.72. The van der Waals surface area contributed by atoms with Crippen LogP contribution in [0.5, 0.6) is 0 Å². The Morgan fingerprint density at radius 2 is 1.65 bits per heavy atom. The average Bonchev–Trinajstić information content (AvgIpc) is 2.79. The largest absolute Gasteiger partial charge is 0.381 e. The van der Waals surface area contributed by atoms with Crippen molar-refractivity contribution < 1.29 is 0 Å². The Bertz CT molecular complexity index is 400. The van der Waals surface area contributed by atoms with Crippen LogP contribution in [0.25, 0.3) is 0 Å². The van der Waals surface area contributed by atoms with E-state index in [1.807, 2.05) is 0 Å². The van der Waals surface area contributed by atoms with Gasteiger partial charge in [-0.25, -0.2) is 0 Å². The standard InChI is InChI=1S/C13H16Cl3N/c1-8(9-4-2-3-5-9)17-13-7-11(15)10(14)6-12(13)16/h6-9,17H,2-5H2,1H3. The Morgan fingerprint density at radius 1 is 1.06 bits per heavy atom. The van der Waals surface area contributed by atoms with Gasteiger partial charge in [0, 0.05) is 6.04 Å². The predicted octanol–water partition coefficient (Wildman–Crippen LogP) is 5.64. The van der Waals surface area contributed by atoms with E-state index >= 15 is 0 Å². The molecule has 17 heavy (non-hydrogen) atoms. The molecule has 1 aliphatic carbocycles. The highest BCUT2D eigenvalue weighted by Gasteiger charge is 2.22. The molecule has 0 amide bonds. The lowest BCUT2D eigenvalue weighted by Crippen LogP contribution is -2.23. The van der Waals surface area contributed by atoms with Gasteiger partial charge in [-0.3, -0.25) is 0 Å². The molecule has 1 fully saturated rings. The van der Waals surface area contributed by atoms with Gasteiger partial charge in [-0.1, -0.05) is 47.6 Å². The number of benzene rings is 1. The van der Waals surface area contributed by atoms with Crippen molar-refractivity contribution in [2.45, 2.75) is 38.6 Å². The molecule has 0 aromatic heterocycles. The van der Waals surface area contributed by atoms with Crippen LogP contribution in [0.1, 0.15) is 32.6 Å². The zero-order valence-corrected chi connectivity index (χ0v) is 12.0. The van der Waals surface area contributed by atoms with Crippen LogP contribution in [-0.2, 0) is 0 Å². The van der Waals surface area contributed by atoms with Gasteiger partial charge in [0.05, 0.1) is 20.8 Å². The van der Waals surface area contributed by atoms with Crippen LogP contribution in [0, 0.1) is 5.92 Å². The Kier molecular flexibility index (Phi) is 4.46. The van der Waals surface area contributed by atoms with Crippen LogP contribution in [-0.4, -0.2) is 6.04 Å². The lowest BCUT2D eigenvalue weighted by atomic mass is 9.99. The molecule has 1 aromatic carbocycles. The Labute approximate surface area is 117 Å². The minimum atomic E-state index is 0.423. The van der Waals surface area contributed by atoms with Crippen molar-refractivity contribution in [2.75, 3.05) is 5.32 Å². The van der Waals surface area contributed by atoms with Crippen LogP contribution in [0.3, 0.4) is 0 Å². The summed E-state index contributed by atoms with van der Waals surface area (Å²) in [5, 5.41) is 5.11. The summed E-state index contributed by atoms with van der Waals surface area (Å²) in [6.07, 6.45) is 5.28. The molecule has 1 nitrogen and oxygen atoms in total. The van der Waals surface area contributed by atoms with Gasteiger partial charge in [0.15, 0.2) is 0 Å². The number of nitrogens with one attached hydrogen (secondary N) is 1. The predicted molar refractivity (Wildman–Crippen MR) is 76.5 cm³/mol. The first-order valence-electron chi connectivity index (χ1n) is 5.99. The van der Waals surface area contributed by atoms with Gasteiger partial charge >= 0.3 is 0 Å². The molecule has 1 atom stereocenters. The highest BCUT2D eigenvalue weighted by atomic mass is 35.5. The normalized spacial score (nSPS) is 18.4. The number of halogens is 3. The van der Waals surface area contributed by atoms with Gasteiger partial charge in [-0.2, -0.15) is 0 Å². The number of hydrogen-bond acceptors (Lipinski definition) is 1. The molecule has 0 saturated heterocycles. The average molecular weight is 293 g/mol. The molecule has 0 radical (unpaired) electrons. The minimum absolute atomic E-state index is 0.423. The summed E-state index contributed by atoms with van der Waals surface area (Å²) >= 11 is 18.1. The van der Waals surface area contributed by atoms with E-state index < -0.39 is 0 Å². The third kappa shape index (κ3) is 3.21. The summed E-state index contributed by atoms with van der Waals surface area (Å²) in [7, 11) is 0. The van der Waals surface area contributed by atoms with Gasteiger partial charge in [0.1, 0.15) is 0 Å². The first kappa shape index (κ1) is 13.3. The minimum Gasteiger partial charge on any atom is -0.381 e. The topological polar surface area (TPSA) is 12.0 Å². The third-order valence-corrected chi connectivity index (χ3v) is 4.53. The summed E-state index contributed by atoms with van der Waals surface area (Å²) in [6, 6.07) is 3.92. The zero-order valence-electron chi connectivity index (χ0n) is 9.77. The molecule has 1 aliphatic rings. The molecule has 2 rings (SSSR count). The molecule has 0 spiro atoms. The van der Waals surface area contributed by atoms with Gasteiger partial charge in [-0.05, 0) is 37.8 Å². The fourth-order valence-corrected chi connectivity index (χ4v) is 3.06. The van der Waals surface area contributed by atoms with Gasteiger partial charge in [-0.15, -0.1) is 0 Å². The van der Waals surface area contributed by atoms with E-state index in [2.05, 4.69) is 12.2 Å². The maximum Gasteiger partial charge on any atom is 0.0653 e. The van der Waals surface area contributed by atoms with E-state index in [1.54, 1.807) is 12.1 Å². The summed E-state index contributed by atoms with van der Waals surface area (Å²) in [5.41, 5.74) is 0.875. The molecule has 0 aliphatic heterocycles. The smallest absolute Gasteiger partial charge is 0.0653 e. The van der Waals surface area contributed by atoms with Crippen LogP contribution in [0.15, 0.2) is 12.1 Å². The van der Waals surface area contributed by atoms with E-state index in [0.29, 0.717) is 21.1 Å². The number of hydrogen-bond donors (Lipinski definition) is 1. The third-order valence-electron chi connectivity index (χ3n) is 3.50. The summed E-state index contributed by atoms with van der Waals surface area (Å²) in [6.45, 7) is 2.20. The van der Waals surface area contributed by atoms with Gasteiger partial charge < -0.3 is 5.32 Å². The van der Waals surface area contributed by atoms with Crippen molar-refractivity contribution in [1.82, 2.24) is 0 Å².